The highest BCUT2D eigenvalue weighted by Crippen LogP contribution is 2.28. The van der Waals surface area contributed by atoms with Gasteiger partial charge in [0.15, 0.2) is 0 Å². The summed E-state index contributed by atoms with van der Waals surface area (Å²) in [6.07, 6.45) is 1.01. The first-order chi connectivity index (χ1) is 9.61. The summed E-state index contributed by atoms with van der Waals surface area (Å²) in [6, 6.07) is 11.8. The first-order valence-electron chi connectivity index (χ1n) is 6.66. The van der Waals surface area contributed by atoms with Crippen LogP contribution < -0.4 is 16.4 Å². The van der Waals surface area contributed by atoms with Gasteiger partial charge in [0.1, 0.15) is 5.82 Å². The molecule has 2 heterocycles. The highest BCUT2D eigenvalue weighted by atomic mass is 35.5. The van der Waals surface area contributed by atoms with E-state index in [1.807, 2.05) is 30.3 Å². The Morgan fingerprint density at radius 1 is 1.20 bits per heavy atom. The molecule has 1 aromatic heterocycles. The molecule has 3 rings (SSSR count). The van der Waals surface area contributed by atoms with Crippen molar-refractivity contribution in [3.05, 3.63) is 41.4 Å². The Hall–Kier alpha value is -1.78. The summed E-state index contributed by atoms with van der Waals surface area (Å²) in [6.45, 7) is 1.83. The molecule has 20 heavy (non-hydrogen) atoms. The molecule has 5 heteroatoms. The van der Waals surface area contributed by atoms with Crippen LogP contribution in [0.5, 0.6) is 0 Å². The standard InChI is InChI=1S/C15H17ClN4/c16-11-3-1-10(2-4-11)14-7-13(8-15(18)19-14)20-6-5-12(17)9-20/h1-4,7-8,12H,5-6,9,17H2,(H2,18,19). The number of anilines is 2. The fourth-order valence-corrected chi connectivity index (χ4v) is 2.64. The fourth-order valence-electron chi connectivity index (χ4n) is 2.51. The van der Waals surface area contributed by atoms with E-state index in [0.29, 0.717) is 10.8 Å². The van der Waals surface area contributed by atoms with Crippen LogP contribution >= 0.6 is 11.6 Å². The minimum Gasteiger partial charge on any atom is -0.384 e. The Labute approximate surface area is 123 Å². The Morgan fingerprint density at radius 2 is 1.95 bits per heavy atom. The van der Waals surface area contributed by atoms with E-state index in [9.17, 15) is 0 Å². The Morgan fingerprint density at radius 3 is 2.60 bits per heavy atom. The number of nitrogens with two attached hydrogens (primary N) is 2. The Kier molecular flexibility index (Phi) is 3.51. The van der Waals surface area contributed by atoms with Crippen LogP contribution in [0.25, 0.3) is 11.3 Å². The summed E-state index contributed by atoms with van der Waals surface area (Å²) >= 11 is 5.91. The average Bonchev–Trinajstić information content (AvgIpc) is 2.85. The van der Waals surface area contributed by atoms with Crippen LogP contribution in [0.4, 0.5) is 11.5 Å². The van der Waals surface area contributed by atoms with Crippen molar-refractivity contribution < 1.29 is 0 Å². The first-order valence-corrected chi connectivity index (χ1v) is 7.03. The smallest absolute Gasteiger partial charge is 0.126 e. The van der Waals surface area contributed by atoms with Crippen molar-refractivity contribution in [2.24, 2.45) is 5.73 Å². The van der Waals surface area contributed by atoms with Crippen LogP contribution in [0, 0.1) is 0 Å². The zero-order valence-electron chi connectivity index (χ0n) is 11.1. The molecule has 0 saturated carbocycles. The molecule has 4 N–H and O–H groups in total. The number of aromatic nitrogens is 1. The van der Waals surface area contributed by atoms with Crippen molar-refractivity contribution in [2.45, 2.75) is 12.5 Å². The lowest BCUT2D eigenvalue weighted by molar-refractivity contribution is 0.752. The van der Waals surface area contributed by atoms with Gasteiger partial charge in [0.05, 0.1) is 5.69 Å². The number of pyridine rings is 1. The largest absolute Gasteiger partial charge is 0.384 e. The van der Waals surface area contributed by atoms with Crippen molar-refractivity contribution in [3.63, 3.8) is 0 Å². The molecule has 1 aliphatic heterocycles. The van der Waals surface area contributed by atoms with E-state index in [1.165, 1.54) is 0 Å². The van der Waals surface area contributed by atoms with Crippen LogP contribution in [0.15, 0.2) is 36.4 Å². The van der Waals surface area contributed by atoms with Gasteiger partial charge in [-0.1, -0.05) is 23.7 Å². The number of halogens is 1. The molecule has 1 aliphatic rings. The lowest BCUT2D eigenvalue weighted by Crippen LogP contribution is -2.26. The van der Waals surface area contributed by atoms with Crippen molar-refractivity contribution in [2.75, 3.05) is 23.7 Å². The highest BCUT2D eigenvalue weighted by Gasteiger charge is 2.20. The van der Waals surface area contributed by atoms with Crippen LogP contribution in [0.1, 0.15) is 6.42 Å². The molecule has 0 amide bonds. The minimum atomic E-state index is 0.239. The van der Waals surface area contributed by atoms with Crippen LogP contribution in [0.2, 0.25) is 5.02 Å². The van der Waals surface area contributed by atoms with Crippen LogP contribution in [-0.4, -0.2) is 24.1 Å². The number of nitrogens with zero attached hydrogens (tertiary/aromatic N) is 2. The molecule has 1 saturated heterocycles. The monoisotopic (exact) mass is 288 g/mol. The zero-order chi connectivity index (χ0) is 14.1. The fraction of sp³-hybridized carbons (Fsp3) is 0.267. The molecule has 0 radical (unpaired) electrons. The molecule has 0 spiro atoms. The van der Waals surface area contributed by atoms with Gasteiger partial charge in [0.2, 0.25) is 0 Å². The van der Waals surface area contributed by atoms with Gasteiger partial charge in [-0.05, 0) is 24.6 Å². The molecule has 4 nitrogen and oxygen atoms in total. The summed E-state index contributed by atoms with van der Waals surface area (Å²) in [7, 11) is 0. The maximum atomic E-state index is 5.96. The summed E-state index contributed by atoms with van der Waals surface area (Å²) in [5, 5.41) is 0.711. The van der Waals surface area contributed by atoms with Gasteiger partial charge < -0.3 is 16.4 Å². The van der Waals surface area contributed by atoms with Crippen molar-refractivity contribution in [1.29, 1.82) is 0 Å². The van der Waals surface area contributed by atoms with Crippen LogP contribution in [-0.2, 0) is 0 Å². The number of rotatable bonds is 2. The normalized spacial score (nSPS) is 18.5. The molecular formula is C15H17ClN4. The van der Waals surface area contributed by atoms with Crippen molar-refractivity contribution in [3.8, 4) is 11.3 Å². The number of hydrogen-bond donors (Lipinski definition) is 2. The molecule has 1 fully saturated rings. The van der Waals surface area contributed by atoms with Gasteiger partial charge in [-0.3, -0.25) is 0 Å². The quantitative estimate of drug-likeness (QED) is 0.891. The second-order valence-electron chi connectivity index (χ2n) is 5.14. The van der Waals surface area contributed by atoms with E-state index < -0.39 is 0 Å². The zero-order valence-corrected chi connectivity index (χ0v) is 11.8. The number of hydrogen-bond acceptors (Lipinski definition) is 4. The molecular weight excluding hydrogens is 272 g/mol. The molecule has 2 aromatic rings. The maximum absolute atomic E-state index is 5.96. The summed E-state index contributed by atoms with van der Waals surface area (Å²) in [5.74, 6) is 0.521. The topological polar surface area (TPSA) is 68.2 Å². The SMILES string of the molecule is Nc1cc(N2CCC(N)C2)cc(-c2ccc(Cl)cc2)n1. The molecule has 1 atom stereocenters. The van der Waals surface area contributed by atoms with E-state index in [-0.39, 0.29) is 6.04 Å². The van der Waals surface area contributed by atoms with Gasteiger partial charge >= 0.3 is 0 Å². The van der Waals surface area contributed by atoms with Crippen molar-refractivity contribution >= 4 is 23.1 Å². The summed E-state index contributed by atoms with van der Waals surface area (Å²) in [4.78, 5) is 6.65. The molecule has 0 aliphatic carbocycles. The third-order valence-electron chi connectivity index (χ3n) is 3.56. The van der Waals surface area contributed by atoms with Gasteiger partial charge in [-0.15, -0.1) is 0 Å². The number of nitrogen functional groups attached to an aromatic ring is 1. The van der Waals surface area contributed by atoms with Gasteiger partial charge in [0.25, 0.3) is 0 Å². The number of benzene rings is 1. The molecule has 1 aromatic carbocycles. The predicted octanol–water partition coefficient (Wildman–Crippen LogP) is 2.52. The summed E-state index contributed by atoms with van der Waals surface area (Å²) < 4.78 is 0. The molecule has 104 valence electrons. The second-order valence-corrected chi connectivity index (χ2v) is 5.57. The second kappa shape index (κ2) is 5.31. The average molecular weight is 289 g/mol. The van der Waals surface area contributed by atoms with E-state index in [4.69, 9.17) is 23.1 Å². The first kappa shape index (κ1) is 13.2. The van der Waals surface area contributed by atoms with E-state index in [1.54, 1.807) is 0 Å². The predicted molar refractivity (Wildman–Crippen MR) is 83.9 cm³/mol. The maximum Gasteiger partial charge on any atom is 0.126 e. The van der Waals surface area contributed by atoms with E-state index in [0.717, 1.165) is 36.5 Å². The molecule has 1 unspecified atom stereocenters. The van der Waals surface area contributed by atoms with E-state index in [2.05, 4.69) is 16.0 Å². The highest BCUT2D eigenvalue weighted by molar-refractivity contribution is 6.30. The Bertz CT molecular complexity index is 612. The van der Waals surface area contributed by atoms with Gasteiger partial charge in [-0.25, -0.2) is 4.98 Å². The van der Waals surface area contributed by atoms with Crippen LogP contribution in [0.3, 0.4) is 0 Å². The summed E-state index contributed by atoms with van der Waals surface area (Å²) in [5.41, 5.74) is 14.8. The molecule has 0 bridgehead atoms. The van der Waals surface area contributed by atoms with Gasteiger partial charge in [0, 0.05) is 41.5 Å². The van der Waals surface area contributed by atoms with Gasteiger partial charge in [-0.2, -0.15) is 0 Å². The lowest BCUT2D eigenvalue weighted by Gasteiger charge is -2.19. The van der Waals surface area contributed by atoms with Crippen molar-refractivity contribution in [1.82, 2.24) is 4.98 Å². The third-order valence-corrected chi connectivity index (χ3v) is 3.81. The Balaban J connectivity index is 1.96. The van der Waals surface area contributed by atoms with E-state index >= 15 is 0 Å². The minimum absolute atomic E-state index is 0.239. The third kappa shape index (κ3) is 2.71. The lowest BCUT2D eigenvalue weighted by atomic mass is 10.1.